The molecular formula is C21H32ClN5O4S. The molecule has 9 nitrogen and oxygen atoms in total. The van der Waals surface area contributed by atoms with Crippen LogP contribution in [0.15, 0.2) is 18.2 Å². The quantitative estimate of drug-likeness (QED) is 0.417. The monoisotopic (exact) mass is 485 g/mol. The Balaban J connectivity index is 2.30. The van der Waals surface area contributed by atoms with Crippen molar-refractivity contribution in [3.05, 3.63) is 34.6 Å². The third-order valence-corrected chi connectivity index (χ3v) is 5.43. The van der Waals surface area contributed by atoms with E-state index >= 15 is 0 Å². The molecule has 1 aromatic heterocycles. The summed E-state index contributed by atoms with van der Waals surface area (Å²) in [5.41, 5.74) is 0.971. The molecule has 0 saturated heterocycles. The summed E-state index contributed by atoms with van der Waals surface area (Å²) in [7, 11) is -3.57. The zero-order valence-electron chi connectivity index (χ0n) is 19.1. The summed E-state index contributed by atoms with van der Waals surface area (Å²) >= 11 is 6.32. The number of anilines is 2. The van der Waals surface area contributed by atoms with E-state index in [9.17, 15) is 13.5 Å². The summed E-state index contributed by atoms with van der Waals surface area (Å²) in [5.74, 6) is 1.51. The van der Waals surface area contributed by atoms with E-state index in [2.05, 4.69) is 25.0 Å². The normalized spacial score (nSPS) is 13.6. The lowest BCUT2D eigenvalue weighted by atomic mass is 9.97. The predicted molar refractivity (Wildman–Crippen MR) is 127 cm³/mol. The van der Waals surface area contributed by atoms with Gasteiger partial charge in [0.2, 0.25) is 21.9 Å². The number of aromatic nitrogens is 3. The average molecular weight is 486 g/mol. The number of rotatable bonds is 12. The van der Waals surface area contributed by atoms with Crippen LogP contribution in [-0.2, 0) is 16.4 Å². The molecule has 0 radical (unpaired) electrons. The fourth-order valence-electron chi connectivity index (χ4n) is 3.21. The summed E-state index contributed by atoms with van der Waals surface area (Å²) in [6.07, 6.45) is 2.16. The Morgan fingerprint density at radius 3 is 2.41 bits per heavy atom. The molecule has 0 amide bonds. The van der Waals surface area contributed by atoms with Crippen molar-refractivity contribution in [1.82, 2.24) is 15.0 Å². The van der Waals surface area contributed by atoms with Gasteiger partial charge in [-0.1, -0.05) is 38.4 Å². The third-order valence-electron chi connectivity index (χ3n) is 4.58. The van der Waals surface area contributed by atoms with Crippen molar-refractivity contribution in [2.45, 2.75) is 52.5 Å². The van der Waals surface area contributed by atoms with Crippen LogP contribution in [0.3, 0.4) is 0 Å². The molecule has 32 heavy (non-hydrogen) atoms. The molecule has 0 aliphatic rings. The first-order valence-corrected chi connectivity index (χ1v) is 12.8. The van der Waals surface area contributed by atoms with Gasteiger partial charge in [-0.25, -0.2) is 8.42 Å². The molecule has 0 spiro atoms. The standard InChI is InChI=1S/C21H32ClN5O4S/c1-6-31-18-8-7-15(11-17(18)22)14(4)10-19-24-20(23-16(12-28)9-13(2)3)26-21(25-19)27-32(5,29)30/h7-8,11,13-14,16,28H,6,9-10,12H2,1-5H3,(H2,23,24,25,26,27). The highest BCUT2D eigenvalue weighted by Gasteiger charge is 2.17. The van der Waals surface area contributed by atoms with Crippen LogP contribution in [0.1, 0.15) is 51.4 Å². The summed E-state index contributed by atoms with van der Waals surface area (Å²) in [5, 5.41) is 13.3. The highest BCUT2D eigenvalue weighted by Crippen LogP contribution is 2.30. The molecule has 2 unspecified atom stereocenters. The van der Waals surface area contributed by atoms with Gasteiger partial charge in [0.15, 0.2) is 0 Å². The Kier molecular flexibility index (Phi) is 9.47. The van der Waals surface area contributed by atoms with E-state index in [1.54, 1.807) is 0 Å². The number of hydrogen-bond donors (Lipinski definition) is 3. The maximum atomic E-state index is 11.7. The smallest absolute Gasteiger partial charge is 0.241 e. The molecule has 2 aromatic rings. The first kappa shape index (κ1) is 26.1. The van der Waals surface area contributed by atoms with Gasteiger partial charge in [-0.15, -0.1) is 0 Å². The number of hydrogen-bond acceptors (Lipinski definition) is 8. The van der Waals surface area contributed by atoms with Crippen LogP contribution in [0.4, 0.5) is 11.9 Å². The molecule has 11 heteroatoms. The van der Waals surface area contributed by atoms with Crippen LogP contribution in [0, 0.1) is 5.92 Å². The highest BCUT2D eigenvalue weighted by molar-refractivity contribution is 7.91. The maximum absolute atomic E-state index is 11.7. The third kappa shape index (κ3) is 8.40. The van der Waals surface area contributed by atoms with E-state index in [4.69, 9.17) is 16.3 Å². The van der Waals surface area contributed by atoms with Crippen molar-refractivity contribution < 1.29 is 18.3 Å². The number of nitrogens with one attached hydrogen (secondary N) is 2. The minimum Gasteiger partial charge on any atom is -0.492 e. The zero-order valence-corrected chi connectivity index (χ0v) is 20.7. The largest absolute Gasteiger partial charge is 0.492 e. The predicted octanol–water partition coefficient (Wildman–Crippen LogP) is 3.46. The van der Waals surface area contributed by atoms with Crippen LogP contribution >= 0.6 is 11.6 Å². The Bertz CT molecular complexity index is 1000. The second-order valence-corrected chi connectivity index (χ2v) is 10.3. The topological polar surface area (TPSA) is 126 Å². The van der Waals surface area contributed by atoms with Gasteiger partial charge >= 0.3 is 0 Å². The molecule has 1 aromatic carbocycles. The van der Waals surface area contributed by atoms with E-state index in [0.29, 0.717) is 42.0 Å². The number of halogens is 1. The van der Waals surface area contributed by atoms with E-state index in [1.165, 1.54) is 0 Å². The van der Waals surface area contributed by atoms with Crippen LogP contribution in [0.2, 0.25) is 5.02 Å². The molecule has 0 fully saturated rings. The number of aliphatic hydroxyl groups excluding tert-OH is 1. The van der Waals surface area contributed by atoms with Gasteiger partial charge in [-0.05, 0) is 42.9 Å². The molecule has 0 aliphatic carbocycles. The van der Waals surface area contributed by atoms with Gasteiger partial charge in [-0.3, -0.25) is 4.72 Å². The Morgan fingerprint density at radius 2 is 1.84 bits per heavy atom. The second kappa shape index (κ2) is 11.6. The van der Waals surface area contributed by atoms with Gasteiger partial charge in [0, 0.05) is 6.42 Å². The number of sulfonamides is 1. The van der Waals surface area contributed by atoms with Gasteiger partial charge in [0.05, 0.1) is 30.5 Å². The SMILES string of the molecule is CCOc1ccc(C(C)Cc2nc(NC(CO)CC(C)C)nc(NS(C)(=O)=O)n2)cc1Cl. The second-order valence-electron chi connectivity index (χ2n) is 8.15. The number of benzene rings is 1. The summed E-state index contributed by atoms with van der Waals surface area (Å²) in [6, 6.07) is 5.34. The first-order chi connectivity index (χ1) is 15.0. The lowest BCUT2D eigenvalue weighted by Gasteiger charge is -2.19. The average Bonchev–Trinajstić information content (AvgIpc) is 2.67. The molecule has 0 bridgehead atoms. The minimum atomic E-state index is -3.57. The van der Waals surface area contributed by atoms with Crippen molar-refractivity contribution in [3.8, 4) is 5.75 Å². The van der Waals surface area contributed by atoms with Crippen molar-refractivity contribution in [2.75, 3.05) is 29.5 Å². The van der Waals surface area contributed by atoms with E-state index in [1.807, 2.05) is 45.9 Å². The molecule has 2 atom stereocenters. The highest BCUT2D eigenvalue weighted by atomic mass is 35.5. The Labute approximate surface area is 195 Å². The van der Waals surface area contributed by atoms with Crippen molar-refractivity contribution >= 4 is 33.5 Å². The lowest BCUT2D eigenvalue weighted by Crippen LogP contribution is -2.27. The Hall–Kier alpha value is -2.17. The minimum absolute atomic E-state index is 0.00573. The number of nitrogens with zero attached hydrogens (tertiary/aromatic N) is 3. The van der Waals surface area contributed by atoms with E-state index in [0.717, 1.165) is 11.8 Å². The van der Waals surface area contributed by atoms with Crippen LogP contribution < -0.4 is 14.8 Å². The maximum Gasteiger partial charge on any atom is 0.241 e. The Morgan fingerprint density at radius 1 is 1.16 bits per heavy atom. The van der Waals surface area contributed by atoms with E-state index in [-0.39, 0.29) is 30.5 Å². The number of ether oxygens (including phenoxy) is 1. The van der Waals surface area contributed by atoms with Gasteiger partial charge < -0.3 is 15.2 Å². The van der Waals surface area contributed by atoms with Crippen LogP contribution in [0.5, 0.6) is 5.75 Å². The fourth-order valence-corrected chi connectivity index (χ4v) is 3.87. The zero-order chi connectivity index (χ0) is 23.9. The molecular weight excluding hydrogens is 454 g/mol. The van der Waals surface area contributed by atoms with Crippen molar-refractivity contribution in [2.24, 2.45) is 5.92 Å². The molecule has 178 valence electrons. The van der Waals surface area contributed by atoms with Gasteiger partial charge in [0.1, 0.15) is 11.6 Å². The fraction of sp³-hybridized carbons (Fsp3) is 0.571. The molecule has 1 heterocycles. The lowest BCUT2D eigenvalue weighted by molar-refractivity contribution is 0.259. The summed E-state index contributed by atoms with van der Waals surface area (Å²) in [4.78, 5) is 12.9. The van der Waals surface area contributed by atoms with Gasteiger partial charge in [0.25, 0.3) is 0 Å². The van der Waals surface area contributed by atoms with E-state index < -0.39 is 10.0 Å². The summed E-state index contributed by atoms with van der Waals surface area (Å²) < 4.78 is 31.2. The first-order valence-electron chi connectivity index (χ1n) is 10.5. The molecule has 2 rings (SSSR count). The molecule has 3 N–H and O–H groups in total. The number of aliphatic hydroxyl groups is 1. The molecule has 0 aliphatic heterocycles. The van der Waals surface area contributed by atoms with Gasteiger partial charge in [-0.2, -0.15) is 15.0 Å². The van der Waals surface area contributed by atoms with Crippen molar-refractivity contribution in [3.63, 3.8) is 0 Å². The summed E-state index contributed by atoms with van der Waals surface area (Å²) in [6.45, 7) is 8.41. The molecule has 0 saturated carbocycles. The van der Waals surface area contributed by atoms with Crippen LogP contribution in [-0.4, -0.2) is 54.0 Å². The van der Waals surface area contributed by atoms with Crippen molar-refractivity contribution in [1.29, 1.82) is 0 Å². The van der Waals surface area contributed by atoms with Crippen LogP contribution in [0.25, 0.3) is 0 Å².